The SMILES string of the molecule is CC(=O)c1cnc2n[nH]c(C3=CC(C)=NCC3)c2c1. The number of allylic oxidation sites excluding steroid dienone is 1. The number of nitrogens with zero attached hydrogens (tertiary/aromatic N) is 3. The molecule has 0 fully saturated rings. The molecule has 0 atom stereocenters. The van der Waals surface area contributed by atoms with E-state index in [0.717, 1.165) is 35.3 Å². The van der Waals surface area contributed by atoms with Gasteiger partial charge in [-0.3, -0.25) is 14.9 Å². The standard InChI is InChI=1S/C14H14N4O/c1-8-5-10(3-4-15-8)13-12-6-11(9(2)19)7-16-14(12)18-17-13/h5-7H,3-4H2,1-2H3,(H,16,17,18). The van der Waals surface area contributed by atoms with Crippen LogP contribution in [-0.4, -0.2) is 33.2 Å². The Kier molecular flexibility index (Phi) is 2.74. The lowest BCUT2D eigenvalue weighted by Crippen LogP contribution is -2.01. The Morgan fingerprint density at radius 2 is 2.26 bits per heavy atom. The molecule has 96 valence electrons. The summed E-state index contributed by atoms with van der Waals surface area (Å²) in [4.78, 5) is 20.0. The number of ketones is 1. The van der Waals surface area contributed by atoms with E-state index in [9.17, 15) is 4.79 Å². The van der Waals surface area contributed by atoms with Gasteiger partial charge in [0.2, 0.25) is 0 Å². The van der Waals surface area contributed by atoms with Crippen molar-refractivity contribution in [1.29, 1.82) is 0 Å². The molecule has 0 saturated carbocycles. The number of aliphatic imine (C=N–C) groups is 1. The van der Waals surface area contributed by atoms with E-state index in [1.165, 1.54) is 0 Å². The highest BCUT2D eigenvalue weighted by molar-refractivity contribution is 6.04. The third kappa shape index (κ3) is 2.07. The van der Waals surface area contributed by atoms with Crippen LogP contribution in [0.3, 0.4) is 0 Å². The lowest BCUT2D eigenvalue weighted by Gasteiger charge is -2.09. The van der Waals surface area contributed by atoms with E-state index in [1.54, 1.807) is 13.1 Å². The molecular formula is C14H14N4O. The fraction of sp³-hybridized carbons (Fsp3) is 0.286. The molecule has 5 nitrogen and oxygen atoms in total. The first-order chi connectivity index (χ1) is 9.15. The molecular weight excluding hydrogens is 240 g/mol. The van der Waals surface area contributed by atoms with Gasteiger partial charge in [0.25, 0.3) is 0 Å². The van der Waals surface area contributed by atoms with Crippen LogP contribution >= 0.6 is 0 Å². The van der Waals surface area contributed by atoms with Crippen LogP contribution < -0.4 is 0 Å². The van der Waals surface area contributed by atoms with Gasteiger partial charge in [0.05, 0.1) is 5.69 Å². The summed E-state index contributed by atoms with van der Waals surface area (Å²) >= 11 is 0. The molecule has 1 aliphatic heterocycles. The van der Waals surface area contributed by atoms with E-state index in [2.05, 4.69) is 26.2 Å². The molecule has 0 radical (unpaired) electrons. The van der Waals surface area contributed by atoms with Gasteiger partial charge in [-0.15, -0.1) is 0 Å². The van der Waals surface area contributed by atoms with E-state index in [4.69, 9.17) is 0 Å². The molecule has 0 aromatic carbocycles. The Morgan fingerprint density at radius 3 is 3.00 bits per heavy atom. The van der Waals surface area contributed by atoms with Gasteiger partial charge in [-0.1, -0.05) is 0 Å². The number of H-pyrrole nitrogens is 1. The van der Waals surface area contributed by atoms with E-state index < -0.39 is 0 Å². The molecule has 1 N–H and O–H groups in total. The quantitative estimate of drug-likeness (QED) is 0.836. The molecule has 2 aromatic heterocycles. The fourth-order valence-corrected chi connectivity index (χ4v) is 2.26. The van der Waals surface area contributed by atoms with Crippen LogP contribution in [0.25, 0.3) is 16.6 Å². The summed E-state index contributed by atoms with van der Waals surface area (Å²) in [5.41, 5.74) is 4.37. The fourth-order valence-electron chi connectivity index (χ4n) is 2.26. The first kappa shape index (κ1) is 11.8. The maximum Gasteiger partial charge on any atom is 0.181 e. The largest absolute Gasteiger partial charge is 0.294 e. The summed E-state index contributed by atoms with van der Waals surface area (Å²) in [5, 5.41) is 8.11. The summed E-state index contributed by atoms with van der Waals surface area (Å²) in [7, 11) is 0. The third-order valence-electron chi connectivity index (χ3n) is 3.26. The Morgan fingerprint density at radius 1 is 1.42 bits per heavy atom. The number of aromatic amines is 1. The van der Waals surface area contributed by atoms with Gasteiger partial charge in [-0.05, 0) is 38.0 Å². The first-order valence-corrected chi connectivity index (χ1v) is 6.22. The minimum atomic E-state index is 0.0110. The summed E-state index contributed by atoms with van der Waals surface area (Å²) in [5.74, 6) is 0.0110. The second-order valence-corrected chi connectivity index (χ2v) is 4.69. The van der Waals surface area contributed by atoms with Crippen molar-refractivity contribution >= 4 is 28.1 Å². The van der Waals surface area contributed by atoms with Crippen LogP contribution in [0.2, 0.25) is 0 Å². The van der Waals surface area contributed by atoms with Crippen molar-refractivity contribution in [3.8, 4) is 0 Å². The molecule has 0 spiro atoms. The lowest BCUT2D eigenvalue weighted by molar-refractivity contribution is 0.101. The molecule has 3 heterocycles. The number of nitrogens with one attached hydrogen (secondary N) is 1. The first-order valence-electron chi connectivity index (χ1n) is 6.22. The smallest absolute Gasteiger partial charge is 0.181 e. The summed E-state index contributed by atoms with van der Waals surface area (Å²) < 4.78 is 0. The second-order valence-electron chi connectivity index (χ2n) is 4.69. The van der Waals surface area contributed by atoms with Gasteiger partial charge < -0.3 is 0 Å². The normalized spacial score (nSPS) is 15.3. The van der Waals surface area contributed by atoms with Gasteiger partial charge in [0.15, 0.2) is 11.4 Å². The van der Waals surface area contributed by atoms with Crippen LogP contribution in [0.4, 0.5) is 0 Å². The summed E-state index contributed by atoms with van der Waals surface area (Å²) in [6, 6.07) is 1.85. The topological polar surface area (TPSA) is 71.0 Å². The lowest BCUT2D eigenvalue weighted by atomic mass is 10.0. The molecule has 0 saturated heterocycles. The maximum absolute atomic E-state index is 11.4. The highest BCUT2D eigenvalue weighted by Gasteiger charge is 2.14. The Labute approximate surface area is 110 Å². The molecule has 0 unspecified atom stereocenters. The van der Waals surface area contributed by atoms with Crippen molar-refractivity contribution in [2.75, 3.05) is 6.54 Å². The molecule has 0 bridgehead atoms. The van der Waals surface area contributed by atoms with E-state index >= 15 is 0 Å². The van der Waals surface area contributed by atoms with Crippen molar-refractivity contribution in [3.05, 3.63) is 29.6 Å². The molecule has 0 amide bonds. The zero-order chi connectivity index (χ0) is 13.4. The number of fused-ring (bicyclic) bond motifs is 1. The van der Waals surface area contributed by atoms with Gasteiger partial charge in [-0.2, -0.15) is 5.10 Å². The molecule has 2 aromatic rings. The van der Waals surface area contributed by atoms with Gasteiger partial charge in [0, 0.05) is 29.4 Å². The number of pyridine rings is 1. The van der Waals surface area contributed by atoms with Crippen molar-refractivity contribution in [1.82, 2.24) is 15.2 Å². The van der Waals surface area contributed by atoms with Crippen LogP contribution in [0, 0.1) is 0 Å². The average Bonchev–Trinajstić information content (AvgIpc) is 2.81. The van der Waals surface area contributed by atoms with Crippen LogP contribution in [0.15, 0.2) is 23.3 Å². The number of hydrogen-bond donors (Lipinski definition) is 1. The molecule has 19 heavy (non-hydrogen) atoms. The highest BCUT2D eigenvalue weighted by Crippen LogP contribution is 2.26. The minimum absolute atomic E-state index is 0.0110. The van der Waals surface area contributed by atoms with Crippen LogP contribution in [-0.2, 0) is 0 Å². The van der Waals surface area contributed by atoms with Crippen molar-refractivity contribution in [2.24, 2.45) is 4.99 Å². The molecule has 5 heteroatoms. The number of hydrogen-bond acceptors (Lipinski definition) is 4. The van der Waals surface area contributed by atoms with E-state index in [1.807, 2.05) is 13.0 Å². The molecule has 0 aliphatic carbocycles. The molecule has 3 rings (SSSR count). The Balaban J connectivity index is 2.16. The average molecular weight is 254 g/mol. The Bertz CT molecular complexity index is 724. The third-order valence-corrected chi connectivity index (χ3v) is 3.26. The monoisotopic (exact) mass is 254 g/mol. The van der Waals surface area contributed by atoms with Gasteiger partial charge in [-0.25, -0.2) is 4.98 Å². The number of Topliss-reactive ketones (excluding diaryl/α,β-unsaturated/α-hetero) is 1. The van der Waals surface area contributed by atoms with Crippen molar-refractivity contribution < 1.29 is 4.79 Å². The highest BCUT2D eigenvalue weighted by atomic mass is 16.1. The molecule has 1 aliphatic rings. The predicted octanol–water partition coefficient (Wildman–Crippen LogP) is 2.41. The van der Waals surface area contributed by atoms with E-state index in [0.29, 0.717) is 11.2 Å². The Hall–Kier alpha value is -2.30. The second kappa shape index (κ2) is 4.42. The van der Waals surface area contributed by atoms with Crippen molar-refractivity contribution in [2.45, 2.75) is 20.3 Å². The van der Waals surface area contributed by atoms with Crippen LogP contribution in [0.1, 0.15) is 36.3 Å². The summed E-state index contributed by atoms with van der Waals surface area (Å²) in [6.07, 6.45) is 4.49. The minimum Gasteiger partial charge on any atom is -0.294 e. The predicted molar refractivity (Wildman–Crippen MR) is 74.5 cm³/mol. The number of carbonyl (C=O) groups excluding carboxylic acids is 1. The van der Waals surface area contributed by atoms with Gasteiger partial charge in [0.1, 0.15) is 0 Å². The maximum atomic E-state index is 11.4. The van der Waals surface area contributed by atoms with Crippen molar-refractivity contribution in [3.63, 3.8) is 0 Å². The zero-order valence-corrected chi connectivity index (χ0v) is 10.9. The number of carbonyl (C=O) groups is 1. The number of dihydropyridines is 1. The summed E-state index contributed by atoms with van der Waals surface area (Å²) in [6.45, 7) is 4.31. The van der Waals surface area contributed by atoms with E-state index in [-0.39, 0.29) is 5.78 Å². The zero-order valence-electron chi connectivity index (χ0n) is 10.9. The number of rotatable bonds is 2. The van der Waals surface area contributed by atoms with Gasteiger partial charge >= 0.3 is 0 Å². The number of aromatic nitrogens is 3. The van der Waals surface area contributed by atoms with Crippen LogP contribution in [0.5, 0.6) is 0 Å².